The van der Waals surface area contributed by atoms with Gasteiger partial charge < -0.3 is 22.5 Å². The van der Waals surface area contributed by atoms with E-state index in [0.717, 1.165) is 13.1 Å². The van der Waals surface area contributed by atoms with Crippen LogP contribution in [0.1, 0.15) is 116 Å². The van der Waals surface area contributed by atoms with Gasteiger partial charge in [-0.2, -0.15) is 5.70 Å². The molecule has 3 saturated carbocycles. The number of piperidine rings is 1. The molecule has 0 spiro atoms. The Balaban J connectivity index is 0.000000236. The first-order valence-corrected chi connectivity index (χ1v) is 15.9. The van der Waals surface area contributed by atoms with Crippen LogP contribution >= 0.6 is 7.92 Å². The molecule has 34 heavy (non-hydrogen) atoms. The van der Waals surface area contributed by atoms with E-state index in [1.807, 2.05) is 0 Å². The Hall–Kier alpha value is -0.321. The maximum atomic E-state index is 6.25. The molecule has 0 bridgehead atoms. The van der Waals surface area contributed by atoms with E-state index in [4.69, 9.17) is 11.8 Å². The molecule has 0 N–H and O–H groups in total. The van der Waals surface area contributed by atoms with Gasteiger partial charge in [0.2, 0.25) is 0 Å². The van der Waals surface area contributed by atoms with Crippen LogP contribution < -0.4 is 0 Å². The van der Waals surface area contributed by atoms with E-state index < -0.39 is 0 Å². The fraction of sp³-hybridized carbons (Fsp3) is 0.828. The molecule has 3 aliphatic carbocycles. The number of nitrogens with zero attached hydrogens (tertiary/aromatic N) is 3. The van der Waals surface area contributed by atoms with Crippen LogP contribution in [0.4, 0.5) is 0 Å². The van der Waals surface area contributed by atoms with Crippen LogP contribution in [0.15, 0.2) is 23.9 Å². The van der Waals surface area contributed by atoms with Gasteiger partial charge in [0.25, 0.3) is 0 Å². The van der Waals surface area contributed by atoms with Gasteiger partial charge in [-0.3, -0.25) is 0 Å². The molecule has 5 heteroatoms. The van der Waals surface area contributed by atoms with Gasteiger partial charge in [-0.25, -0.2) is 0 Å². The molecule has 4 fully saturated rings. The van der Waals surface area contributed by atoms with Crippen LogP contribution in [0, 0.1) is 11.8 Å². The molecular weight excluding hydrogens is 485 g/mol. The Bertz CT molecular complexity index is 553. The maximum Gasteiger partial charge on any atom is 0.0680 e. The first-order chi connectivity index (χ1) is 16.4. The van der Waals surface area contributed by atoms with Crippen molar-refractivity contribution in [2.24, 2.45) is 0 Å². The average molecular weight is 533 g/mol. The van der Waals surface area contributed by atoms with E-state index in [1.54, 1.807) is 96.3 Å². The number of rotatable bonds is 4. The van der Waals surface area contributed by atoms with E-state index in [-0.39, 0.29) is 25.0 Å². The zero-order chi connectivity index (χ0) is 23.1. The summed E-state index contributed by atoms with van der Waals surface area (Å²) >= 11 is 0. The molecule has 1 saturated heterocycles. The fourth-order valence-corrected chi connectivity index (χ4v) is 12.2. The van der Waals surface area contributed by atoms with Gasteiger partial charge in [-0.1, -0.05) is 50.7 Å². The molecule has 1 atom stereocenters. The zero-order valence-corrected chi connectivity index (χ0v) is 23.3. The molecule has 3 nitrogen and oxygen atoms in total. The molecule has 5 aliphatic rings. The standard InChI is InChI=1S/C18H33P.C10H14N2.CN.Cu/c1-4-10-16(11-5-1)19(17-12-6-2-7-13-17)18-14-8-3-9-15-18;1-3-7-11-9(5-1)10-6-2-4-8-12-10;1-2;/h16-18H,1-15H2;1,3,5,10H,2,4,6-8H2;;/q;-2;-1;/p+1. The first-order valence-electron chi connectivity index (χ1n) is 14.2. The predicted octanol–water partition coefficient (Wildman–Crippen LogP) is 9.03. The molecule has 5 rings (SSSR count). The van der Waals surface area contributed by atoms with Crippen molar-refractivity contribution in [1.82, 2.24) is 0 Å². The van der Waals surface area contributed by atoms with E-state index in [2.05, 4.69) is 28.9 Å². The number of allylic oxidation sites excluding steroid dienone is 2. The second kappa shape index (κ2) is 18.0. The third kappa shape index (κ3) is 9.62. The Morgan fingerprint density at radius 2 is 1.15 bits per heavy atom. The molecule has 2 heterocycles. The van der Waals surface area contributed by atoms with Crippen LogP contribution in [0.3, 0.4) is 0 Å². The van der Waals surface area contributed by atoms with Gasteiger partial charge in [0, 0.05) is 25.0 Å². The minimum Gasteiger partial charge on any atom is -0.686 e. The maximum absolute atomic E-state index is 6.25. The van der Waals surface area contributed by atoms with E-state index in [1.165, 1.54) is 41.9 Å². The SMILES string of the molecule is C1=CC[N-]C(C2CCCC[N-]2)=C1.C1CCC([PH+](C2CCCCC2)C2CCCCC2)CC1.[C-]#N.[Cu]. The molecular formula is C29H48CuN3P-2. The Labute approximate surface area is 222 Å². The largest absolute Gasteiger partial charge is 0.686 e. The molecule has 1 unspecified atom stereocenters. The van der Waals surface area contributed by atoms with Crippen molar-refractivity contribution in [1.29, 1.82) is 5.26 Å². The third-order valence-electron chi connectivity index (χ3n) is 8.59. The normalized spacial score (nSPS) is 26.6. The summed E-state index contributed by atoms with van der Waals surface area (Å²) in [6.07, 6.45) is 33.8. The van der Waals surface area contributed by atoms with Crippen molar-refractivity contribution in [2.45, 2.75) is 139 Å². The minimum absolute atomic E-state index is 0. The number of hydrogen-bond acceptors (Lipinski definition) is 1. The van der Waals surface area contributed by atoms with Crippen molar-refractivity contribution in [3.63, 3.8) is 0 Å². The summed E-state index contributed by atoms with van der Waals surface area (Å²) in [6.45, 7) is 6.62. The first kappa shape index (κ1) is 29.9. The summed E-state index contributed by atoms with van der Waals surface area (Å²) in [4.78, 5) is 0. The van der Waals surface area contributed by atoms with Crippen LogP contribution in [-0.2, 0) is 17.1 Å². The Morgan fingerprint density at radius 3 is 1.53 bits per heavy atom. The zero-order valence-electron chi connectivity index (χ0n) is 21.3. The van der Waals surface area contributed by atoms with Crippen LogP contribution in [-0.4, -0.2) is 36.1 Å². The van der Waals surface area contributed by atoms with Crippen molar-refractivity contribution in [2.75, 3.05) is 13.1 Å². The number of hydrogen-bond donors (Lipinski definition) is 0. The van der Waals surface area contributed by atoms with Crippen molar-refractivity contribution < 1.29 is 17.1 Å². The Morgan fingerprint density at radius 1 is 0.676 bits per heavy atom. The van der Waals surface area contributed by atoms with E-state index in [0.29, 0.717) is 6.04 Å². The molecule has 197 valence electrons. The van der Waals surface area contributed by atoms with Gasteiger partial charge in [-0.15, -0.1) is 25.2 Å². The van der Waals surface area contributed by atoms with Crippen LogP contribution in [0.2, 0.25) is 0 Å². The second-order valence-corrected chi connectivity index (χ2v) is 14.2. The molecule has 2 aliphatic heterocycles. The van der Waals surface area contributed by atoms with Gasteiger partial charge in [-0.05, 0) is 77.0 Å². The average Bonchev–Trinajstić information content (AvgIpc) is 2.93. The van der Waals surface area contributed by atoms with Gasteiger partial charge >= 0.3 is 0 Å². The monoisotopic (exact) mass is 532 g/mol. The van der Waals surface area contributed by atoms with Crippen molar-refractivity contribution in [3.8, 4) is 0 Å². The fourth-order valence-electron chi connectivity index (χ4n) is 6.99. The smallest absolute Gasteiger partial charge is 0.0680 e. The third-order valence-corrected chi connectivity index (χ3v) is 13.1. The summed E-state index contributed by atoms with van der Waals surface area (Å²) in [5, 5.41) is 15.2. The molecule has 1 radical (unpaired) electrons. The van der Waals surface area contributed by atoms with Crippen molar-refractivity contribution in [3.05, 3.63) is 41.1 Å². The van der Waals surface area contributed by atoms with Gasteiger partial charge in [0.05, 0.1) is 17.0 Å². The molecule has 0 aromatic carbocycles. The quantitative estimate of drug-likeness (QED) is 0.202. The topological polar surface area (TPSA) is 52.0 Å². The summed E-state index contributed by atoms with van der Waals surface area (Å²) in [6, 6.07) is 0.406. The van der Waals surface area contributed by atoms with E-state index in [9.17, 15) is 0 Å². The van der Waals surface area contributed by atoms with Gasteiger partial charge in [0.1, 0.15) is 0 Å². The summed E-state index contributed by atoms with van der Waals surface area (Å²) < 4.78 is 0. The van der Waals surface area contributed by atoms with Crippen LogP contribution in [0.25, 0.3) is 10.6 Å². The van der Waals surface area contributed by atoms with E-state index >= 15 is 0 Å². The summed E-state index contributed by atoms with van der Waals surface area (Å²) in [5.74, 6) is 0. The summed E-state index contributed by atoms with van der Waals surface area (Å²) in [7, 11) is -0.0465. The summed E-state index contributed by atoms with van der Waals surface area (Å²) in [5.41, 5.74) is 4.87. The van der Waals surface area contributed by atoms with Crippen molar-refractivity contribution >= 4 is 7.92 Å². The predicted molar refractivity (Wildman–Crippen MR) is 145 cm³/mol. The second-order valence-electron chi connectivity index (χ2n) is 10.8. The minimum atomic E-state index is -0.0465. The molecule has 0 aromatic heterocycles. The molecule has 0 aromatic rings. The Kier molecular flexibility index (Phi) is 15.8. The molecule has 0 amide bonds. The van der Waals surface area contributed by atoms with Gasteiger partial charge in [0.15, 0.2) is 0 Å². The van der Waals surface area contributed by atoms with Crippen LogP contribution in [0.5, 0.6) is 0 Å².